The highest BCUT2D eigenvalue weighted by Gasteiger charge is 2.16. The van der Waals surface area contributed by atoms with Gasteiger partial charge in [-0.1, -0.05) is 0 Å². The second-order valence-corrected chi connectivity index (χ2v) is 5.76. The topological polar surface area (TPSA) is 122 Å². The fraction of sp³-hybridized carbons (Fsp3) is 0.333. The Balaban J connectivity index is 2.61. The molecular weight excluding hydrogens is 300 g/mol. The van der Waals surface area contributed by atoms with Gasteiger partial charge in [0.1, 0.15) is 0 Å². The van der Waals surface area contributed by atoms with Crippen LogP contribution >= 0.6 is 0 Å². The van der Waals surface area contributed by atoms with Crippen molar-refractivity contribution in [1.82, 2.24) is 10.0 Å². The number of ether oxygens (including phenoxy) is 1. The maximum Gasteiger partial charge on any atom is 0.335 e. The molecule has 0 bridgehead atoms. The number of rotatable bonds is 8. The van der Waals surface area contributed by atoms with Crippen LogP contribution in [0.25, 0.3) is 0 Å². The van der Waals surface area contributed by atoms with E-state index < -0.39 is 28.4 Å². The molecule has 0 aliphatic rings. The van der Waals surface area contributed by atoms with Gasteiger partial charge in [-0.15, -0.1) is 0 Å². The summed E-state index contributed by atoms with van der Waals surface area (Å²) in [4.78, 5) is 21.9. The number of carboxylic acid groups (broad SMARTS) is 1. The number of hydrogen-bond donors (Lipinski definition) is 3. The SMILES string of the molecule is COCCNC(=O)CNS(=O)(=O)c1ccc(C(=O)O)cc1. The Morgan fingerprint density at radius 2 is 1.86 bits per heavy atom. The van der Waals surface area contributed by atoms with Gasteiger partial charge in [0.25, 0.3) is 0 Å². The van der Waals surface area contributed by atoms with Gasteiger partial charge in [0.15, 0.2) is 0 Å². The van der Waals surface area contributed by atoms with Crippen LogP contribution in [0.15, 0.2) is 29.2 Å². The summed E-state index contributed by atoms with van der Waals surface area (Å²) in [7, 11) is -2.38. The number of aromatic carboxylic acids is 1. The number of carbonyl (C=O) groups is 2. The largest absolute Gasteiger partial charge is 0.478 e. The first-order valence-corrected chi connectivity index (χ1v) is 7.44. The molecule has 116 valence electrons. The van der Waals surface area contributed by atoms with Crippen LogP contribution in [0.4, 0.5) is 0 Å². The maximum atomic E-state index is 11.9. The van der Waals surface area contributed by atoms with E-state index >= 15 is 0 Å². The van der Waals surface area contributed by atoms with Crippen LogP contribution < -0.4 is 10.0 Å². The maximum absolute atomic E-state index is 11.9. The van der Waals surface area contributed by atoms with Gasteiger partial charge in [0, 0.05) is 13.7 Å². The Morgan fingerprint density at radius 3 is 2.38 bits per heavy atom. The number of carboxylic acids is 1. The molecule has 3 N–H and O–H groups in total. The fourth-order valence-corrected chi connectivity index (χ4v) is 2.36. The Labute approximate surface area is 122 Å². The highest BCUT2D eigenvalue weighted by atomic mass is 32.2. The van der Waals surface area contributed by atoms with Crippen molar-refractivity contribution in [2.75, 3.05) is 26.8 Å². The van der Waals surface area contributed by atoms with Gasteiger partial charge in [-0.05, 0) is 24.3 Å². The molecule has 1 aromatic rings. The van der Waals surface area contributed by atoms with Crippen molar-refractivity contribution in [3.8, 4) is 0 Å². The quantitative estimate of drug-likeness (QED) is 0.552. The number of benzene rings is 1. The van der Waals surface area contributed by atoms with E-state index in [1.165, 1.54) is 19.2 Å². The van der Waals surface area contributed by atoms with Gasteiger partial charge in [0.05, 0.1) is 23.6 Å². The Kier molecular flexibility index (Phi) is 6.28. The summed E-state index contributed by atoms with van der Waals surface area (Å²) in [5.41, 5.74) is -0.0220. The highest BCUT2D eigenvalue weighted by Crippen LogP contribution is 2.10. The molecule has 0 aliphatic carbocycles. The van der Waals surface area contributed by atoms with Crippen molar-refractivity contribution in [3.63, 3.8) is 0 Å². The minimum atomic E-state index is -3.86. The molecule has 0 radical (unpaired) electrons. The standard InChI is InChI=1S/C12H16N2O6S/c1-20-7-6-13-11(15)8-14-21(18,19)10-4-2-9(3-5-10)12(16)17/h2-5,14H,6-8H2,1H3,(H,13,15)(H,16,17). The molecule has 9 heteroatoms. The molecule has 0 spiro atoms. The van der Waals surface area contributed by atoms with E-state index in [4.69, 9.17) is 9.84 Å². The third kappa shape index (κ3) is 5.50. The summed E-state index contributed by atoms with van der Waals surface area (Å²) in [6.07, 6.45) is 0. The molecule has 0 atom stereocenters. The number of nitrogens with one attached hydrogen (secondary N) is 2. The molecule has 0 saturated heterocycles. The zero-order valence-electron chi connectivity index (χ0n) is 11.3. The number of carbonyl (C=O) groups excluding carboxylic acids is 1. The normalized spacial score (nSPS) is 11.1. The molecule has 0 aliphatic heterocycles. The molecule has 0 saturated carbocycles. The van der Waals surface area contributed by atoms with E-state index in [2.05, 4.69) is 10.0 Å². The summed E-state index contributed by atoms with van der Waals surface area (Å²) in [6.45, 7) is 0.201. The van der Waals surface area contributed by atoms with Crippen LogP contribution in [0.2, 0.25) is 0 Å². The predicted octanol–water partition coefficient (Wildman–Crippen LogP) is -0.574. The molecule has 21 heavy (non-hydrogen) atoms. The predicted molar refractivity (Wildman–Crippen MR) is 73.5 cm³/mol. The highest BCUT2D eigenvalue weighted by molar-refractivity contribution is 7.89. The van der Waals surface area contributed by atoms with Crippen LogP contribution in [-0.4, -0.2) is 52.2 Å². The van der Waals surface area contributed by atoms with E-state index in [9.17, 15) is 18.0 Å². The van der Waals surface area contributed by atoms with Crippen molar-refractivity contribution in [2.24, 2.45) is 0 Å². The van der Waals surface area contributed by atoms with E-state index in [1.807, 2.05) is 0 Å². The van der Waals surface area contributed by atoms with Crippen LogP contribution in [-0.2, 0) is 19.6 Å². The summed E-state index contributed by atoms with van der Waals surface area (Å²) in [6, 6.07) is 4.67. The molecular formula is C12H16N2O6S. The minimum Gasteiger partial charge on any atom is -0.478 e. The van der Waals surface area contributed by atoms with Crippen LogP contribution in [0.3, 0.4) is 0 Å². The van der Waals surface area contributed by atoms with Gasteiger partial charge in [-0.2, -0.15) is 0 Å². The molecule has 1 rings (SSSR count). The first-order chi connectivity index (χ1) is 9.86. The van der Waals surface area contributed by atoms with Crippen molar-refractivity contribution in [2.45, 2.75) is 4.90 Å². The van der Waals surface area contributed by atoms with Gasteiger partial charge < -0.3 is 15.2 Å². The third-order valence-electron chi connectivity index (χ3n) is 2.46. The molecule has 1 amide bonds. The van der Waals surface area contributed by atoms with Crippen molar-refractivity contribution in [1.29, 1.82) is 0 Å². The second-order valence-electron chi connectivity index (χ2n) is 4.00. The number of methoxy groups -OCH3 is 1. The first-order valence-electron chi connectivity index (χ1n) is 5.95. The summed E-state index contributed by atoms with van der Waals surface area (Å²) in [5, 5.41) is 11.2. The van der Waals surface area contributed by atoms with Crippen LogP contribution in [0, 0.1) is 0 Å². The summed E-state index contributed by atoms with van der Waals surface area (Å²) >= 11 is 0. The van der Waals surface area contributed by atoms with E-state index in [-0.39, 0.29) is 17.0 Å². The van der Waals surface area contributed by atoms with Crippen LogP contribution in [0.5, 0.6) is 0 Å². The zero-order valence-corrected chi connectivity index (χ0v) is 12.1. The zero-order chi connectivity index (χ0) is 15.9. The summed E-state index contributed by atoms with van der Waals surface area (Å²) < 4.78 is 30.6. The Morgan fingerprint density at radius 1 is 1.24 bits per heavy atom. The second kappa shape index (κ2) is 7.72. The molecule has 1 aromatic carbocycles. The fourth-order valence-electron chi connectivity index (χ4n) is 1.38. The molecule has 0 aromatic heterocycles. The van der Waals surface area contributed by atoms with E-state index in [1.54, 1.807) is 0 Å². The number of amides is 1. The molecule has 0 unspecified atom stereocenters. The third-order valence-corrected chi connectivity index (χ3v) is 3.88. The Hall–Kier alpha value is -1.97. The molecule has 0 fully saturated rings. The molecule has 8 nitrogen and oxygen atoms in total. The number of sulfonamides is 1. The minimum absolute atomic E-state index is 0.0220. The average Bonchev–Trinajstić information content (AvgIpc) is 2.45. The first kappa shape index (κ1) is 17.1. The summed E-state index contributed by atoms with van der Waals surface area (Å²) in [5.74, 6) is -1.64. The van der Waals surface area contributed by atoms with Gasteiger partial charge in [0.2, 0.25) is 15.9 Å². The number of hydrogen-bond acceptors (Lipinski definition) is 5. The lowest BCUT2D eigenvalue weighted by Crippen LogP contribution is -2.38. The smallest absolute Gasteiger partial charge is 0.335 e. The van der Waals surface area contributed by atoms with Crippen molar-refractivity contribution >= 4 is 21.9 Å². The lowest BCUT2D eigenvalue weighted by molar-refractivity contribution is -0.120. The van der Waals surface area contributed by atoms with Gasteiger partial charge in [-0.25, -0.2) is 17.9 Å². The van der Waals surface area contributed by atoms with Crippen molar-refractivity contribution in [3.05, 3.63) is 29.8 Å². The van der Waals surface area contributed by atoms with E-state index in [0.29, 0.717) is 6.61 Å². The van der Waals surface area contributed by atoms with E-state index in [0.717, 1.165) is 12.1 Å². The van der Waals surface area contributed by atoms with Gasteiger partial charge in [-0.3, -0.25) is 4.79 Å². The Bertz CT molecular complexity index is 597. The van der Waals surface area contributed by atoms with Crippen molar-refractivity contribution < 1.29 is 27.9 Å². The molecule has 0 heterocycles. The van der Waals surface area contributed by atoms with Gasteiger partial charge >= 0.3 is 5.97 Å². The lowest BCUT2D eigenvalue weighted by Gasteiger charge is -2.07. The van der Waals surface area contributed by atoms with Crippen LogP contribution in [0.1, 0.15) is 10.4 Å². The lowest BCUT2D eigenvalue weighted by atomic mass is 10.2. The average molecular weight is 316 g/mol. The monoisotopic (exact) mass is 316 g/mol.